The fraction of sp³-hybridized carbons (Fsp3) is 0.333. The number of carboxylic acids is 2. The second-order valence-corrected chi connectivity index (χ2v) is 13.6. The van der Waals surface area contributed by atoms with Crippen LogP contribution in [-0.2, 0) is 53.3 Å². The van der Waals surface area contributed by atoms with Crippen LogP contribution in [0.15, 0.2) is 61.7 Å². The zero-order chi connectivity index (χ0) is 39.1. The maximum Gasteiger partial charge on any atom is 0.303 e. The normalized spacial score (nSPS) is 12.1. The van der Waals surface area contributed by atoms with Gasteiger partial charge in [-0.3, -0.25) is 9.59 Å². The summed E-state index contributed by atoms with van der Waals surface area (Å²) in [5, 5.41) is 18.9. The number of hydrogen-bond acceptors (Lipinski definition) is 6. The Morgan fingerprint density at radius 3 is 1.36 bits per heavy atom. The number of aryl methyl sites for hydroxylation is 6. The van der Waals surface area contributed by atoms with Gasteiger partial charge < -0.3 is 29.3 Å². The van der Waals surface area contributed by atoms with Gasteiger partial charge in [0.05, 0.1) is 35.4 Å². The van der Waals surface area contributed by atoms with Gasteiger partial charge in [-0.2, -0.15) is 0 Å². The van der Waals surface area contributed by atoms with Gasteiger partial charge in [-0.1, -0.05) is 13.8 Å². The number of aromatic nitrogens is 8. The fourth-order valence-electron chi connectivity index (χ4n) is 6.87. The molecule has 12 nitrogen and oxygen atoms in total. The van der Waals surface area contributed by atoms with Gasteiger partial charge in [0.25, 0.3) is 0 Å². The Bertz CT molecular complexity index is 2350. The van der Waals surface area contributed by atoms with Gasteiger partial charge in [0.2, 0.25) is 0 Å². The first-order chi connectivity index (χ1) is 25.8. The Kier molecular flexibility index (Phi) is 14.3. The minimum absolute atomic E-state index is 0. The van der Waals surface area contributed by atoms with Crippen LogP contribution in [0.25, 0.3) is 44.4 Å². The Hall–Kier alpha value is -5.53. The molecule has 0 amide bonds. The zero-order valence-electron chi connectivity index (χ0n) is 32.7. The maximum absolute atomic E-state index is 11.5. The molecule has 4 N–H and O–H groups in total. The molecule has 0 atom stereocenters. The number of aliphatic carboxylic acids is 2. The molecule has 0 spiro atoms. The fourth-order valence-corrected chi connectivity index (χ4v) is 6.87. The predicted molar refractivity (Wildman–Crippen MR) is 214 cm³/mol. The minimum atomic E-state index is -0.869. The molecule has 8 bridgehead atoms. The molecule has 0 aromatic carbocycles. The number of fused-ring (bicyclic) bond motifs is 8. The molecule has 5 aromatic rings. The molecule has 5 aromatic heterocycles. The molecule has 13 heteroatoms. The summed E-state index contributed by atoms with van der Waals surface area (Å²) in [6, 6.07) is 8.19. The van der Waals surface area contributed by atoms with Crippen LogP contribution in [0.4, 0.5) is 0 Å². The van der Waals surface area contributed by atoms with Crippen molar-refractivity contribution in [2.45, 2.75) is 80.1 Å². The Labute approximate surface area is 331 Å². The Morgan fingerprint density at radius 2 is 1.02 bits per heavy atom. The number of carbonyl (C=O) groups is 2. The average Bonchev–Trinajstić information content (AvgIpc) is 3.98. The molecule has 291 valence electrons. The van der Waals surface area contributed by atoms with Crippen molar-refractivity contribution in [2.75, 3.05) is 0 Å². The van der Waals surface area contributed by atoms with E-state index in [1.54, 1.807) is 25.0 Å². The number of imidazole rings is 2. The third-order valence-corrected chi connectivity index (χ3v) is 9.96. The first kappa shape index (κ1) is 42.2. The molecule has 7 heterocycles. The first-order valence-electron chi connectivity index (χ1n) is 18.2. The van der Waals surface area contributed by atoms with Crippen LogP contribution in [0.5, 0.6) is 0 Å². The molecule has 0 aliphatic carbocycles. The largest absolute Gasteiger partial charge is 0.481 e. The molecule has 0 fully saturated rings. The van der Waals surface area contributed by atoms with Crippen molar-refractivity contribution < 1.29 is 36.6 Å². The quantitative estimate of drug-likeness (QED) is 0.121. The SMILES string of the molecule is CCc1c(C)c2cc3[nH]c(cc4nc(cc5nc(cc1[nH]2)C(C)=C5CCC(=O)O)C(CCC(=O)O)=C4C)c(C)c3CC.Cn1ccnc1.Cn1ccnc1.[Co]. The topological polar surface area (TPSA) is 168 Å². The van der Waals surface area contributed by atoms with Crippen LogP contribution in [0.3, 0.4) is 0 Å². The van der Waals surface area contributed by atoms with Gasteiger partial charge in [-0.25, -0.2) is 19.9 Å². The molecule has 1 radical (unpaired) electrons. The molecule has 0 saturated heterocycles. The van der Waals surface area contributed by atoms with Gasteiger partial charge >= 0.3 is 11.9 Å². The summed E-state index contributed by atoms with van der Waals surface area (Å²) in [7, 11) is 3.88. The molecule has 7 rings (SSSR count). The number of rotatable bonds is 8. The Balaban J connectivity index is 0.000000439. The minimum Gasteiger partial charge on any atom is -0.481 e. The van der Waals surface area contributed by atoms with Crippen LogP contribution in [-0.4, -0.2) is 61.2 Å². The van der Waals surface area contributed by atoms with E-state index in [9.17, 15) is 19.8 Å². The van der Waals surface area contributed by atoms with Crippen LogP contribution in [0.2, 0.25) is 0 Å². The number of aromatic amines is 2. The van der Waals surface area contributed by atoms with E-state index in [-0.39, 0.29) is 29.6 Å². The van der Waals surface area contributed by atoms with Crippen molar-refractivity contribution in [3.05, 3.63) is 107 Å². The molecular formula is C42H50CoN8O4. The zero-order valence-corrected chi connectivity index (χ0v) is 33.8. The summed E-state index contributed by atoms with van der Waals surface area (Å²) in [4.78, 5) is 47.9. The average molecular weight is 790 g/mol. The van der Waals surface area contributed by atoms with Crippen LogP contribution < -0.4 is 0 Å². The van der Waals surface area contributed by atoms with Gasteiger partial charge in [-0.05, 0) is 122 Å². The van der Waals surface area contributed by atoms with Gasteiger partial charge in [0, 0.05) is 90.6 Å². The number of hydrogen-bond donors (Lipinski definition) is 4. The van der Waals surface area contributed by atoms with Crippen LogP contribution >= 0.6 is 0 Å². The van der Waals surface area contributed by atoms with Crippen molar-refractivity contribution in [3.8, 4) is 0 Å². The van der Waals surface area contributed by atoms with Crippen molar-refractivity contribution in [1.82, 2.24) is 39.0 Å². The van der Waals surface area contributed by atoms with Gasteiger partial charge in [0.15, 0.2) is 0 Å². The monoisotopic (exact) mass is 789 g/mol. The summed E-state index contributed by atoms with van der Waals surface area (Å²) in [6.07, 6.45) is 13.1. The van der Waals surface area contributed by atoms with Gasteiger partial charge in [-0.15, -0.1) is 0 Å². The maximum atomic E-state index is 11.5. The molecule has 0 saturated carbocycles. The molecular weight excluding hydrogens is 739 g/mol. The second-order valence-electron chi connectivity index (χ2n) is 13.6. The third-order valence-electron chi connectivity index (χ3n) is 9.96. The number of H-pyrrole nitrogens is 2. The predicted octanol–water partition coefficient (Wildman–Crippen LogP) is 8.49. The van der Waals surface area contributed by atoms with E-state index in [0.29, 0.717) is 24.2 Å². The van der Waals surface area contributed by atoms with Crippen molar-refractivity contribution in [3.63, 3.8) is 0 Å². The molecule has 55 heavy (non-hydrogen) atoms. The van der Waals surface area contributed by atoms with Crippen LogP contribution in [0, 0.1) is 13.8 Å². The molecule has 2 aliphatic rings. The second kappa shape index (κ2) is 18.7. The van der Waals surface area contributed by atoms with Gasteiger partial charge in [0.1, 0.15) is 0 Å². The number of allylic oxidation sites excluding steroid dienone is 4. The van der Waals surface area contributed by atoms with E-state index in [0.717, 1.165) is 74.2 Å². The smallest absolute Gasteiger partial charge is 0.303 e. The Morgan fingerprint density at radius 1 is 0.618 bits per heavy atom. The number of nitrogens with zero attached hydrogens (tertiary/aromatic N) is 6. The summed E-state index contributed by atoms with van der Waals surface area (Å²) in [6.45, 7) is 12.5. The van der Waals surface area contributed by atoms with E-state index < -0.39 is 11.9 Å². The third kappa shape index (κ3) is 9.97. The summed E-state index contributed by atoms with van der Waals surface area (Å²) in [5.41, 5.74) is 15.4. The van der Waals surface area contributed by atoms with Crippen molar-refractivity contribution in [1.29, 1.82) is 0 Å². The van der Waals surface area contributed by atoms with E-state index in [1.807, 2.05) is 61.6 Å². The van der Waals surface area contributed by atoms with E-state index >= 15 is 0 Å². The standard InChI is InChI=1S/C34H38N4O4.2C4H6N2.Co/c1-7-21-17(3)25-13-26-19(5)23(9-11-33(39)40)31(37-26)16-32-24(10-12-34(41)42)20(6)28(38-32)15-30-22(8-2)18(4)27(36-30)14-29(21)35-25;2*1-6-3-2-5-4-6;/h13-16,35-36H,7-12H2,1-6H3,(H,39,40)(H,41,42);2*2-4H,1H3;. The van der Waals surface area contributed by atoms with Crippen LogP contribution in [0.1, 0.15) is 98.4 Å². The molecule has 2 aliphatic heterocycles. The summed E-state index contributed by atoms with van der Waals surface area (Å²) >= 11 is 0. The van der Waals surface area contributed by atoms with E-state index in [2.05, 4.69) is 59.8 Å². The number of nitrogens with one attached hydrogen (secondary N) is 2. The summed E-state index contributed by atoms with van der Waals surface area (Å²) < 4.78 is 3.78. The van der Waals surface area contributed by atoms with Crippen molar-refractivity contribution in [2.24, 2.45) is 14.1 Å². The van der Waals surface area contributed by atoms with Crippen molar-refractivity contribution >= 4 is 56.3 Å². The number of carboxylic acid groups (broad SMARTS) is 2. The van der Waals surface area contributed by atoms with E-state index in [1.165, 1.54) is 16.7 Å². The molecule has 0 unspecified atom stereocenters. The summed E-state index contributed by atoms with van der Waals surface area (Å²) in [5.74, 6) is -1.74. The first-order valence-corrected chi connectivity index (χ1v) is 18.2. The van der Waals surface area contributed by atoms with E-state index in [4.69, 9.17) is 9.97 Å².